The third kappa shape index (κ3) is 3.84. The zero-order valence-corrected chi connectivity index (χ0v) is 13.4. The Bertz CT molecular complexity index is 548. The van der Waals surface area contributed by atoms with Gasteiger partial charge in [-0.05, 0) is 44.2 Å². The molecule has 1 aromatic rings. The number of nitrogens with one attached hydrogen (secondary N) is 1. The molecule has 0 radical (unpaired) electrons. The number of allylic oxidation sites excluding steroid dienone is 1. The Kier molecular flexibility index (Phi) is 5.38. The molecule has 1 saturated carbocycles. The van der Waals surface area contributed by atoms with Crippen LogP contribution in [0.25, 0.3) is 6.08 Å². The van der Waals surface area contributed by atoms with Crippen molar-refractivity contribution in [3.05, 3.63) is 54.2 Å². The molecule has 0 aromatic heterocycles. The fourth-order valence-corrected chi connectivity index (χ4v) is 2.88. The van der Waals surface area contributed by atoms with Gasteiger partial charge in [0.25, 0.3) is 5.84 Å². The van der Waals surface area contributed by atoms with E-state index in [9.17, 15) is 0 Å². The van der Waals surface area contributed by atoms with Crippen LogP contribution < -0.4 is 5.32 Å². The lowest BCUT2D eigenvalue weighted by atomic mass is 9.95. The highest BCUT2D eigenvalue weighted by Crippen LogP contribution is 2.19. The Labute approximate surface area is 128 Å². The van der Waals surface area contributed by atoms with Crippen molar-refractivity contribution in [1.29, 1.82) is 0 Å². The summed E-state index contributed by atoms with van der Waals surface area (Å²) in [6.07, 6.45) is 8.44. The van der Waals surface area contributed by atoms with Crippen LogP contribution in [0.4, 0.5) is 0 Å². The molecule has 1 aliphatic rings. The number of hydrogen-bond acceptors (Lipinski definition) is 0. The van der Waals surface area contributed by atoms with Gasteiger partial charge >= 0.3 is 0 Å². The summed E-state index contributed by atoms with van der Waals surface area (Å²) in [7, 11) is 2.08. The predicted molar refractivity (Wildman–Crippen MR) is 91.6 cm³/mol. The minimum Gasteiger partial charge on any atom is -0.271 e. The van der Waals surface area contributed by atoms with Crippen LogP contribution in [0, 0.1) is 0 Å². The largest absolute Gasteiger partial charge is 0.282 e. The maximum atomic E-state index is 4.09. The van der Waals surface area contributed by atoms with Gasteiger partial charge < -0.3 is 0 Å². The normalized spacial score (nSPS) is 17.0. The molecule has 1 aliphatic carbocycles. The van der Waals surface area contributed by atoms with Crippen LogP contribution in [0.15, 0.2) is 43.1 Å². The van der Waals surface area contributed by atoms with Crippen LogP contribution in [-0.4, -0.2) is 23.5 Å². The molecule has 0 bridgehead atoms. The molecule has 0 heterocycles. The van der Waals surface area contributed by atoms with Gasteiger partial charge in [0, 0.05) is 0 Å². The Morgan fingerprint density at radius 1 is 1.24 bits per heavy atom. The van der Waals surface area contributed by atoms with Crippen molar-refractivity contribution in [2.24, 2.45) is 0 Å². The Hall–Kier alpha value is -1.83. The van der Waals surface area contributed by atoms with Crippen molar-refractivity contribution in [3.63, 3.8) is 0 Å². The van der Waals surface area contributed by atoms with E-state index in [4.69, 9.17) is 0 Å². The smallest absolute Gasteiger partial charge is 0.271 e. The van der Waals surface area contributed by atoms with E-state index in [1.807, 2.05) is 13.0 Å². The van der Waals surface area contributed by atoms with E-state index in [1.54, 1.807) is 0 Å². The van der Waals surface area contributed by atoms with Crippen molar-refractivity contribution < 1.29 is 4.58 Å². The lowest BCUT2D eigenvalue weighted by Crippen LogP contribution is -2.41. The van der Waals surface area contributed by atoms with Crippen LogP contribution >= 0.6 is 0 Å². The van der Waals surface area contributed by atoms with Crippen molar-refractivity contribution in [1.82, 2.24) is 5.32 Å². The molecular formula is C19H27N2+. The van der Waals surface area contributed by atoms with Gasteiger partial charge in [-0.3, -0.25) is 5.32 Å². The second kappa shape index (κ2) is 7.26. The predicted octanol–water partition coefficient (Wildman–Crippen LogP) is 4.17. The van der Waals surface area contributed by atoms with E-state index in [0.29, 0.717) is 6.04 Å². The zero-order valence-electron chi connectivity index (χ0n) is 13.4. The first-order chi connectivity index (χ1) is 10.1. The van der Waals surface area contributed by atoms with E-state index >= 15 is 0 Å². The SMILES string of the molecule is C=Cc1ccccc1C(NC1CCCCC1)=[N+](C)C(=C)C. The first-order valence-corrected chi connectivity index (χ1v) is 7.88. The third-order valence-electron chi connectivity index (χ3n) is 4.29. The van der Waals surface area contributed by atoms with Crippen molar-refractivity contribution in [2.45, 2.75) is 45.1 Å². The summed E-state index contributed by atoms with van der Waals surface area (Å²) in [5.74, 6) is 1.14. The highest BCUT2D eigenvalue weighted by Gasteiger charge is 2.23. The molecule has 0 spiro atoms. The van der Waals surface area contributed by atoms with Gasteiger partial charge in [0.1, 0.15) is 0 Å². The van der Waals surface area contributed by atoms with Gasteiger partial charge in [-0.1, -0.05) is 43.9 Å². The van der Waals surface area contributed by atoms with Crippen LogP contribution in [0.1, 0.15) is 50.2 Å². The molecule has 2 heteroatoms. The highest BCUT2D eigenvalue weighted by atomic mass is 15.1. The van der Waals surface area contributed by atoms with Crippen LogP contribution in [0.2, 0.25) is 0 Å². The molecule has 2 rings (SSSR count). The van der Waals surface area contributed by atoms with Crippen molar-refractivity contribution in [3.8, 4) is 0 Å². The summed E-state index contributed by atoms with van der Waals surface area (Å²) in [4.78, 5) is 0. The number of nitrogens with zero attached hydrogens (tertiary/aromatic N) is 1. The number of rotatable bonds is 4. The zero-order chi connectivity index (χ0) is 15.2. The molecule has 112 valence electrons. The summed E-state index contributed by atoms with van der Waals surface area (Å²) in [5.41, 5.74) is 3.39. The molecule has 1 fully saturated rings. The molecule has 0 unspecified atom stereocenters. The summed E-state index contributed by atoms with van der Waals surface area (Å²) in [5, 5.41) is 3.76. The maximum absolute atomic E-state index is 4.09. The average Bonchev–Trinajstić information content (AvgIpc) is 2.53. The standard InChI is InChI=1S/C19H26N2/c1-5-16-11-9-10-14-18(16)19(21(4)15(2)3)20-17-12-7-6-8-13-17/h5,9-11,14,17H,1-2,6-8,12-13H2,3-4H3/p+1. The van der Waals surface area contributed by atoms with Gasteiger partial charge in [-0.15, -0.1) is 0 Å². The van der Waals surface area contributed by atoms with Crippen LogP contribution in [0.5, 0.6) is 0 Å². The Morgan fingerprint density at radius 3 is 2.52 bits per heavy atom. The molecule has 0 saturated heterocycles. The topological polar surface area (TPSA) is 15.0 Å². The lowest BCUT2D eigenvalue weighted by molar-refractivity contribution is -0.444. The second-order valence-electron chi connectivity index (χ2n) is 5.91. The van der Waals surface area contributed by atoms with E-state index < -0.39 is 0 Å². The summed E-state index contributed by atoms with van der Waals surface area (Å²) in [6.45, 7) is 10.1. The quantitative estimate of drug-likeness (QED) is 0.498. The molecule has 1 N–H and O–H groups in total. The van der Waals surface area contributed by atoms with Crippen LogP contribution in [0.3, 0.4) is 0 Å². The van der Waals surface area contributed by atoms with Crippen molar-refractivity contribution >= 4 is 11.9 Å². The fourth-order valence-electron chi connectivity index (χ4n) is 2.88. The Balaban J connectivity index is 2.39. The molecule has 2 nitrogen and oxygen atoms in total. The minimum atomic E-state index is 0.563. The fraction of sp³-hybridized carbons (Fsp3) is 0.421. The summed E-state index contributed by atoms with van der Waals surface area (Å²) >= 11 is 0. The van der Waals surface area contributed by atoms with E-state index in [2.05, 4.69) is 54.4 Å². The van der Waals surface area contributed by atoms with E-state index in [-0.39, 0.29) is 0 Å². The molecule has 0 atom stereocenters. The molecule has 1 aromatic carbocycles. The monoisotopic (exact) mass is 283 g/mol. The summed E-state index contributed by atoms with van der Waals surface area (Å²) < 4.78 is 2.15. The van der Waals surface area contributed by atoms with Crippen LogP contribution in [-0.2, 0) is 0 Å². The van der Waals surface area contributed by atoms with E-state index in [1.165, 1.54) is 37.7 Å². The molecule has 21 heavy (non-hydrogen) atoms. The van der Waals surface area contributed by atoms with Gasteiger partial charge in [0.2, 0.25) is 0 Å². The Morgan fingerprint density at radius 2 is 1.90 bits per heavy atom. The molecule has 0 aliphatic heterocycles. The number of amidine groups is 1. The van der Waals surface area contributed by atoms with Crippen molar-refractivity contribution in [2.75, 3.05) is 7.05 Å². The molecule has 0 amide bonds. The highest BCUT2D eigenvalue weighted by molar-refractivity contribution is 5.98. The summed E-state index contributed by atoms with van der Waals surface area (Å²) in [6, 6.07) is 8.96. The minimum absolute atomic E-state index is 0.563. The van der Waals surface area contributed by atoms with Gasteiger partial charge in [0.05, 0.1) is 24.4 Å². The van der Waals surface area contributed by atoms with Gasteiger partial charge in [0.15, 0.2) is 0 Å². The third-order valence-corrected chi connectivity index (χ3v) is 4.29. The number of benzene rings is 1. The first-order valence-electron chi connectivity index (χ1n) is 7.88. The average molecular weight is 283 g/mol. The van der Waals surface area contributed by atoms with Gasteiger partial charge in [-0.25, -0.2) is 4.58 Å². The van der Waals surface area contributed by atoms with Gasteiger partial charge in [-0.2, -0.15) is 0 Å². The van der Waals surface area contributed by atoms with E-state index in [0.717, 1.165) is 17.1 Å². The number of hydrogen-bond donors (Lipinski definition) is 1. The maximum Gasteiger partial charge on any atom is 0.282 e. The lowest BCUT2D eigenvalue weighted by Gasteiger charge is -2.22. The second-order valence-corrected chi connectivity index (χ2v) is 5.91. The first kappa shape index (κ1) is 15.6. The molecular weight excluding hydrogens is 256 g/mol.